The molecule has 1 saturated carbocycles. The van der Waals surface area contributed by atoms with Crippen LogP contribution in [0.2, 0.25) is 0 Å². The van der Waals surface area contributed by atoms with Gasteiger partial charge in [0.2, 0.25) is 10.0 Å². The summed E-state index contributed by atoms with van der Waals surface area (Å²) in [6.45, 7) is 4.66. The first-order chi connectivity index (χ1) is 9.96. The monoisotopic (exact) mass is 348 g/mol. The predicted octanol–water partition coefficient (Wildman–Crippen LogP) is 2.73. The van der Waals surface area contributed by atoms with Crippen molar-refractivity contribution in [3.05, 3.63) is 15.8 Å². The van der Waals surface area contributed by atoms with E-state index in [0.29, 0.717) is 10.9 Å². The molecule has 1 aliphatic carbocycles. The van der Waals surface area contributed by atoms with Crippen molar-refractivity contribution in [2.45, 2.75) is 56.6 Å². The molecule has 0 aromatic carbocycles. The van der Waals surface area contributed by atoms with Crippen molar-refractivity contribution in [3.63, 3.8) is 0 Å². The first-order valence-corrected chi connectivity index (χ1v) is 11.0. The van der Waals surface area contributed by atoms with Crippen LogP contribution in [0, 0.1) is 6.92 Å². The number of hydrogen-bond acceptors (Lipinski definition) is 5. The highest BCUT2D eigenvalue weighted by Crippen LogP contribution is 2.27. The van der Waals surface area contributed by atoms with E-state index in [1.54, 1.807) is 23.1 Å². The summed E-state index contributed by atoms with van der Waals surface area (Å²) in [5.41, 5.74) is 0. The van der Waals surface area contributed by atoms with Crippen LogP contribution >= 0.6 is 23.1 Å². The van der Waals surface area contributed by atoms with Crippen LogP contribution in [0.15, 0.2) is 11.0 Å². The average Bonchev–Trinajstić information content (AvgIpc) is 3.18. The summed E-state index contributed by atoms with van der Waals surface area (Å²) in [5, 5.41) is 3.43. The fourth-order valence-electron chi connectivity index (χ4n) is 2.13. The third-order valence-electron chi connectivity index (χ3n) is 3.54. The maximum absolute atomic E-state index is 12.5. The molecule has 0 radical (unpaired) electrons. The Kier molecular flexibility index (Phi) is 6.14. The van der Waals surface area contributed by atoms with Crippen LogP contribution in [0.3, 0.4) is 0 Å². The van der Waals surface area contributed by atoms with Crippen LogP contribution in [0.25, 0.3) is 0 Å². The molecule has 4 nitrogen and oxygen atoms in total. The fraction of sp³-hybridized carbons (Fsp3) is 0.714. The molecule has 2 rings (SSSR count). The molecule has 1 fully saturated rings. The molecule has 120 valence electrons. The van der Waals surface area contributed by atoms with Gasteiger partial charge in [0.05, 0.1) is 4.90 Å². The zero-order valence-electron chi connectivity index (χ0n) is 12.8. The van der Waals surface area contributed by atoms with Gasteiger partial charge < -0.3 is 5.32 Å². The molecular weight excluding hydrogens is 324 g/mol. The van der Waals surface area contributed by atoms with Gasteiger partial charge in [-0.2, -0.15) is 11.8 Å². The molecule has 2 N–H and O–H groups in total. The zero-order chi connectivity index (χ0) is 15.5. The van der Waals surface area contributed by atoms with Gasteiger partial charge in [-0.1, -0.05) is 6.92 Å². The molecule has 1 aromatic heterocycles. The molecule has 21 heavy (non-hydrogen) atoms. The molecule has 1 aliphatic rings. The molecular formula is C14H24N2O2S3. The fourth-order valence-corrected chi connectivity index (χ4v) is 5.86. The molecule has 1 heterocycles. The van der Waals surface area contributed by atoms with Gasteiger partial charge in [0.15, 0.2) is 0 Å². The molecule has 0 spiro atoms. The topological polar surface area (TPSA) is 58.2 Å². The summed E-state index contributed by atoms with van der Waals surface area (Å²) in [6, 6.07) is 2.46. The van der Waals surface area contributed by atoms with Crippen molar-refractivity contribution in [1.82, 2.24) is 10.0 Å². The number of sulfonamides is 1. The molecule has 1 unspecified atom stereocenters. The van der Waals surface area contributed by atoms with Crippen molar-refractivity contribution in [2.75, 3.05) is 12.0 Å². The number of aryl methyl sites for hydroxylation is 1. The van der Waals surface area contributed by atoms with Crippen LogP contribution < -0.4 is 10.0 Å². The number of thioether (sulfide) groups is 1. The Balaban J connectivity index is 2.07. The van der Waals surface area contributed by atoms with E-state index in [1.165, 1.54) is 12.8 Å². The highest BCUT2D eigenvalue weighted by Gasteiger charge is 2.24. The van der Waals surface area contributed by atoms with Crippen molar-refractivity contribution < 1.29 is 8.42 Å². The minimum Gasteiger partial charge on any atom is -0.309 e. The summed E-state index contributed by atoms with van der Waals surface area (Å²) in [4.78, 5) is 2.41. The summed E-state index contributed by atoms with van der Waals surface area (Å²) >= 11 is 3.24. The van der Waals surface area contributed by atoms with E-state index in [9.17, 15) is 8.42 Å². The van der Waals surface area contributed by atoms with E-state index in [-0.39, 0.29) is 6.04 Å². The minimum absolute atomic E-state index is 0.00246. The maximum Gasteiger partial charge on any atom is 0.241 e. The third kappa shape index (κ3) is 4.96. The van der Waals surface area contributed by atoms with Gasteiger partial charge in [-0.15, -0.1) is 11.3 Å². The second-order valence-corrected chi connectivity index (χ2v) is 9.40. The van der Waals surface area contributed by atoms with Gasteiger partial charge in [0, 0.05) is 34.1 Å². The van der Waals surface area contributed by atoms with Gasteiger partial charge in [0.25, 0.3) is 0 Å². The number of hydrogen-bond donors (Lipinski definition) is 2. The third-order valence-corrected chi connectivity index (χ3v) is 7.10. The van der Waals surface area contributed by atoms with Gasteiger partial charge >= 0.3 is 0 Å². The zero-order valence-corrected chi connectivity index (χ0v) is 15.3. The van der Waals surface area contributed by atoms with Gasteiger partial charge in [-0.05, 0) is 38.5 Å². The lowest BCUT2D eigenvalue weighted by Gasteiger charge is -2.15. The lowest BCUT2D eigenvalue weighted by molar-refractivity contribution is 0.558. The predicted molar refractivity (Wildman–Crippen MR) is 91.7 cm³/mol. The van der Waals surface area contributed by atoms with Crippen LogP contribution in [0.1, 0.15) is 35.9 Å². The van der Waals surface area contributed by atoms with Gasteiger partial charge in [-0.3, -0.25) is 0 Å². The van der Waals surface area contributed by atoms with E-state index in [1.807, 2.05) is 26.2 Å². The molecule has 0 saturated heterocycles. The van der Waals surface area contributed by atoms with E-state index in [2.05, 4.69) is 10.0 Å². The van der Waals surface area contributed by atoms with Crippen LogP contribution in [-0.4, -0.2) is 32.5 Å². The highest BCUT2D eigenvalue weighted by atomic mass is 32.2. The van der Waals surface area contributed by atoms with Crippen molar-refractivity contribution in [1.29, 1.82) is 0 Å². The van der Waals surface area contributed by atoms with Gasteiger partial charge in [-0.25, -0.2) is 13.1 Å². The van der Waals surface area contributed by atoms with Crippen LogP contribution in [0.4, 0.5) is 0 Å². The second kappa shape index (κ2) is 7.46. The van der Waals surface area contributed by atoms with Crippen LogP contribution in [-0.2, 0) is 16.6 Å². The second-order valence-electron chi connectivity index (χ2n) is 5.47. The maximum atomic E-state index is 12.5. The number of nitrogens with one attached hydrogen (secondary N) is 2. The number of rotatable bonds is 9. The van der Waals surface area contributed by atoms with E-state index < -0.39 is 10.0 Å². The van der Waals surface area contributed by atoms with E-state index >= 15 is 0 Å². The minimum atomic E-state index is -3.41. The normalized spacial score (nSPS) is 17.1. The summed E-state index contributed by atoms with van der Waals surface area (Å²) in [7, 11) is -3.41. The molecule has 7 heteroatoms. The average molecular weight is 349 g/mol. The Morgan fingerprint density at radius 3 is 2.76 bits per heavy atom. The van der Waals surface area contributed by atoms with E-state index in [0.717, 1.165) is 28.5 Å². The molecule has 0 amide bonds. The lowest BCUT2D eigenvalue weighted by Crippen LogP contribution is -2.36. The van der Waals surface area contributed by atoms with Crippen molar-refractivity contribution in [3.8, 4) is 0 Å². The summed E-state index contributed by atoms with van der Waals surface area (Å²) < 4.78 is 27.9. The summed E-state index contributed by atoms with van der Waals surface area (Å²) in [5.74, 6) is 0.801. The van der Waals surface area contributed by atoms with Crippen molar-refractivity contribution in [2.24, 2.45) is 0 Å². The Morgan fingerprint density at radius 2 is 2.19 bits per heavy atom. The Bertz CT molecular complexity index is 565. The van der Waals surface area contributed by atoms with Crippen molar-refractivity contribution >= 4 is 33.1 Å². The lowest BCUT2D eigenvalue weighted by atomic mass is 10.3. The van der Waals surface area contributed by atoms with E-state index in [4.69, 9.17) is 0 Å². The molecule has 0 aliphatic heterocycles. The van der Waals surface area contributed by atoms with Crippen LogP contribution in [0.5, 0.6) is 0 Å². The first kappa shape index (κ1) is 17.3. The van der Waals surface area contributed by atoms with Gasteiger partial charge in [0.1, 0.15) is 0 Å². The first-order valence-electron chi connectivity index (χ1n) is 7.30. The SMILES string of the molecule is CCC(CSC)NS(=O)(=O)c1cc(CNC2CC2)sc1C. The highest BCUT2D eigenvalue weighted by molar-refractivity contribution is 7.98. The molecule has 1 aromatic rings. The molecule has 1 atom stereocenters. The number of thiophene rings is 1. The Hall–Kier alpha value is -0.0800. The molecule has 0 bridgehead atoms. The standard InChI is InChI=1S/C14H24N2O2S3/c1-4-11(9-19-3)16-21(17,18)14-7-13(20-10(14)2)8-15-12-5-6-12/h7,11-12,15-16H,4-6,8-9H2,1-3H3. The smallest absolute Gasteiger partial charge is 0.241 e. The summed E-state index contributed by atoms with van der Waals surface area (Å²) in [6.07, 6.45) is 5.28. The Labute approximate surface area is 136 Å². The Morgan fingerprint density at radius 1 is 1.48 bits per heavy atom. The largest absolute Gasteiger partial charge is 0.309 e. The quantitative estimate of drug-likeness (QED) is 0.720.